The van der Waals surface area contributed by atoms with E-state index < -0.39 is 48.0 Å². The molecule has 182 valence electrons. The van der Waals surface area contributed by atoms with Gasteiger partial charge in [0.1, 0.15) is 28.9 Å². The van der Waals surface area contributed by atoms with Crippen molar-refractivity contribution in [1.29, 1.82) is 5.26 Å². The molecule has 2 amide bonds. The van der Waals surface area contributed by atoms with Gasteiger partial charge in [0.05, 0.1) is 5.56 Å². The summed E-state index contributed by atoms with van der Waals surface area (Å²) in [4.78, 5) is 29.5. The molecule has 0 bridgehead atoms. The predicted molar refractivity (Wildman–Crippen MR) is 115 cm³/mol. The molecule has 4 N–H and O–H groups in total. The third-order valence-electron chi connectivity index (χ3n) is 5.68. The molecule has 2 aromatic heterocycles. The standard InChI is InChI=1S/C22H20F3N7O3/c1-11-27-20(31-30-11)21(9-22(24,25)10-21)29-19(35)17(33)13-6-16(32(2)8-13)18(34)28-14-3-4-15(23)12(5-14)7-26/h3-6,8,17,33H,9-10H2,1-2H3,(H,28,34)(H,29,35)(H,27,30,31). The Balaban J connectivity index is 1.50. The minimum Gasteiger partial charge on any atom is -0.378 e. The van der Waals surface area contributed by atoms with Gasteiger partial charge in [-0.2, -0.15) is 10.4 Å². The van der Waals surface area contributed by atoms with Crippen LogP contribution in [-0.2, 0) is 17.4 Å². The quantitative estimate of drug-likeness (QED) is 0.419. The number of aromatic amines is 1. The highest BCUT2D eigenvalue weighted by Gasteiger charge is 2.60. The number of halogens is 3. The van der Waals surface area contributed by atoms with E-state index in [9.17, 15) is 27.9 Å². The second kappa shape index (κ2) is 8.55. The van der Waals surface area contributed by atoms with Crippen LogP contribution >= 0.6 is 0 Å². The second-order valence-electron chi connectivity index (χ2n) is 8.46. The Bertz CT molecular complexity index is 1350. The zero-order chi connectivity index (χ0) is 25.5. The van der Waals surface area contributed by atoms with Crippen LogP contribution < -0.4 is 10.6 Å². The third kappa shape index (κ3) is 4.60. The summed E-state index contributed by atoms with van der Waals surface area (Å²) in [6.07, 6.45) is -1.88. The summed E-state index contributed by atoms with van der Waals surface area (Å²) < 4.78 is 42.3. The van der Waals surface area contributed by atoms with Gasteiger partial charge in [-0.05, 0) is 31.2 Å². The molecule has 0 saturated heterocycles. The van der Waals surface area contributed by atoms with Crippen molar-refractivity contribution in [3.05, 3.63) is 64.7 Å². The first-order valence-electron chi connectivity index (χ1n) is 10.4. The predicted octanol–water partition coefficient (Wildman–Crippen LogP) is 2.19. The van der Waals surface area contributed by atoms with E-state index in [-0.39, 0.29) is 28.3 Å². The number of alkyl halides is 2. The van der Waals surface area contributed by atoms with E-state index in [0.717, 1.165) is 12.1 Å². The van der Waals surface area contributed by atoms with Gasteiger partial charge in [0.25, 0.3) is 17.7 Å². The number of nitrogens with zero attached hydrogens (tertiary/aromatic N) is 4. The van der Waals surface area contributed by atoms with E-state index in [1.807, 2.05) is 0 Å². The van der Waals surface area contributed by atoms with Crippen molar-refractivity contribution in [2.24, 2.45) is 7.05 Å². The number of aryl methyl sites for hydroxylation is 2. The maximum atomic E-state index is 13.7. The number of carbonyl (C=O) groups is 2. The number of anilines is 1. The lowest BCUT2D eigenvalue weighted by atomic mass is 9.72. The molecule has 1 aromatic carbocycles. The summed E-state index contributed by atoms with van der Waals surface area (Å²) >= 11 is 0. The lowest BCUT2D eigenvalue weighted by Crippen LogP contribution is -2.61. The number of aromatic nitrogens is 4. The van der Waals surface area contributed by atoms with Gasteiger partial charge in [-0.15, -0.1) is 0 Å². The Kier molecular flexibility index (Phi) is 5.85. The van der Waals surface area contributed by atoms with Crippen molar-refractivity contribution in [3.63, 3.8) is 0 Å². The summed E-state index contributed by atoms with van der Waals surface area (Å²) in [5, 5.41) is 30.9. The van der Waals surface area contributed by atoms with Crippen molar-refractivity contribution in [3.8, 4) is 6.07 Å². The molecule has 1 fully saturated rings. The molecule has 1 aliphatic carbocycles. The molecular weight excluding hydrogens is 467 g/mol. The molecule has 0 aliphatic heterocycles. The average Bonchev–Trinajstić information content (AvgIpc) is 3.38. The first kappa shape index (κ1) is 24.0. The summed E-state index contributed by atoms with van der Waals surface area (Å²) in [5.74, 6) is -4.98. The fourth-order valence-corrected chi connectivity index (χ4v) is 4.00. The number of hydrogen-bond donors (Lipinski definition) is 4. The van der Waals surface area contributed by atoms with Gasteiger partial charge in [-0.25, -0.2) is 18.2 Å². The molecule has 0 spiro atoms. The van der Waals surface area contributed by atoms with Crippen molar-refractivity contribution >= 4 is 17.5 Å². The number of nitrogens with one attached hydrogen (secondary N) is 3. The van der Waals surface area contributed by atoms with Crippen LogP contribution in [0.1, 0.15) is 52.2 Å². The number of hydrogen-bond acceptors (Lipinski definition) is 6. The van der Waals surface area contributed by atoms with Crippen molar-refractivity contribution in [2.75, 3.05) is 5.32 Å². The number of aliphatic hydroxyl groups excluding tert-OH is 1. The molecule has 13 heteroatoms. The maximum Gasteiger partial charge on any atom is 0.272 e. The van der Waals surface area contributed by atoms with Gasteiger partial charge in [-0.3, -0.25) is 14.7 Å². The van der Waals surface area contributed by atoms with Gasteiger partial charge in [0, 0.05) is 37.3 Å². The Morgan fingerprint density at radius 1 is 1.31 bits per heavy atom. The maximum absolute atomic E-state index is 13.7. The summed E-state index contributed by atoms with van der Waals surface area (Å²) in [6.45, 7) is 1.58. The van der Waals surface area contributed by atoms with Crippen LogP contribution in [0.2, 0.25) is 0 Å². The van der Waals surface area contributed by atoms with Crippen LogP contribution in [0, 0.1) is 24.1 Å². The number of benzene rings is 1. The molecule has 1 saturated carbocycles. The van der Waals surface area contributed by atoms with Gasteiger partial charge in [0.2, 0.25) is 0 Å². The normalized spacial score (nSPS) is 16.6. The number of rotatable bonds is 6. The van der Waals surface area contributed by atoms with Crippen molar-refractivity contribution in [1.82, 2.24) is 25.1 Å². The lowest BCUT2D eigenvalue weighted by Gasteiger charge is -2.45. The van der Waals surface area contributed by atoms with Crippen LogP contribution in [0.25, 0.3) is 0 Å². The molecule has 35 heavy (non-hydrogen) atoms. The monoisotopic (exact) mass is 487 g/mol. The first-order chi connectivity index (χ1) is 16.4. The van der Waals surface area contributed by atoms with E-state index in [1.165, 1.54) is 29.9 Å². The number of H-pyrrole nitrogens is 1. The number of aliphatic hydroxyl groups is 1. The number of amides is 2. The highest BCUT2D eigenvalue weighted by molar-refractivity contribution is 6.03. The molecule has 1 atom stereocenters. The zero-order valence-electron chi connectivity index (χ0n) is 18.6. The number of nitriles is 1. The average molecular weight is 487 g/mol. The van der Waals surface area contributed by atoms with E-state index in [0.29, 0.717) is 5.82 Å². The van der Waals surface area contributed by atoms with E-state index >= 15 is 0 Å². The van der Waals surface area contributed by atoms with Gasteiger partial charge in [-0.1, -0.05) is 0 Å². The molecule has 0 radical (unpaired) electrons. The summed E-state index contributed by atoms with van der Waals surface area (Å²) in [6, 6.07) is 6.41. The Morgan fingerprint density at radius 2 is 2.03 bits per heavy atom. The topological polar surface area (TPSA) is 149 Å². The third-order valence-corrected chi connectivity index (χ3v) is 5.68. The van der Waals surface area contributed by atoms with E-state index in [1.54, 1.807) is 13.0 Å². The first-order valence-corrected chi connectivity index (χ1v) is 10.4. The Morgan fingerprint density at radius 3 is 2.63 bits per heavy atom. The van der Waals surface area contributed by atoms with Gasteiger partial charge < -0.3 is 20.3 Å². The fraction of sp³-hybridized carbons (Fsp3) is 0.318. The smallest absolute Gasteiger partial charge is 0.272 e. The Hall–Kier alpha value is -4.18. The van der Waals surface area contributed by atoms with Gasteiger partial charge >= 0.3 is 0 Å². The molecule has 1 aliphatic rings. The highest BCUT2D eigenvalue weighted by atomic mass is 19.3. The lowest BCUT2D eigenvalue weighted by molar-refractivity contribution is -0.156. The molecule has 3 aromatic rings. The minimum atomic E-state index is -3.02. The van der Waals surface area contributed by atoms with Crippen LogP contribution in [0.3, 0.4) is 0 Å². The SMILES string of the molecule is Cc1nc(C2(NC(=O)C(O)c3cc(C(=O)Nc4ccc(F)c(C#N)c4)n(C)c3)CC(F)(F)C2)n[nH]1. The summed E-state index contributed by atoms with van der Waals surface area (Å²) in [5.41, 5.74) is -1.53. The Labute approximate surface area is 196 Å². The van der Waals surface area contributed by atoms with Crippen LogP contribution in [0.4, 0.5) is 18.9 Å². The van der Waals surface area contributed by atoms with Crippen molar-refractivity contribution < 1.29 is 27.9 Å². The van der Waals surface area contributed by atoms with Crippen LogP contribution in [0.15, 0.2) is 30.5 Å². The number of carbonyl (C=O) groups excluding carboxylic acids is 2. The highest BCUT2D eigenvalue weighted by Crippen LogP contribution is 2.50. The van der Waals surface area contributed by atoms with Crippen molar-refractivity contribution in [2.45, 2.75) is 37.3 Å². The van der Waals surface area contributed by atoms with E-state index in [2.05, 4.69) is 25.8 Å². The fourth-order valence-electron chi connectivity index (χ4n) is 4.00. The molecule has 1 unspecified atom stereocenters. The van der Waals surface area contributed by atoms with Crippen LogP contribution in [-0.4, -0.2) is 42.6 Å². The molecule has 10 nitrogen and oxygen atoms in total. The minimum absolute atomic E-state index is 0.00867. The van der Waals surface area contributed by atoms with Crippen LogP contribution in [0.5, 0.6) is 0 Å². The molecular formula is C22H20F3N7O3. The molecule has 4 rings (SSSR count). The second-order valence-corrected chi connectivity index (χ2v) is 8.46. The molecule has 2 heterocycles. The summed E-state index contributed by atoms with van der Waals surface area (Å²) in [7, 11) is 1.50. The van der Waals surface area contributed by atoms with E-state index in [4.69, 9.17) is 5.26 Å². The van der Waals surface area contributed by atoms with Gasteiger partial charge in [0.15, 0.2) is 11.9 Å². The largest absolute Gasteiger partial charge is 0.378 e. The zero-order valence-corrected chi connectivity index (χ0v) is 18.6.